The maximum atomic E-state index is 10.5. The molecule has 0 aliphatic heterocycles. The van der Waals surface area contributed by atoms with Gasteiger partial charge in [0.25, 0.3) is 0 Å². The number of hydrogen-bond donors (Lipinski definition) is 1. The zero-order valence-corrected chi connectivity index (χ0v) is 9.86. The predicted molar refractivity (Wildman–Crippen MR) is 60.7 cm³/mol. The van der Waals surface area contributed by atoms with Gasteiger partial charge in [-0.15, -0.1) is 0 Å². The molecule has 1 aromatic heterocycles. The molecular formula is C12H17NO3. The van der Waals surface area contributed by atoms with Crippen molar-refractivity contribution in [1.82, 2.24) is 4.98 Å². The van der Waals surface area contributed by atoms with Crippen molar-refractivity contribution in [2.45, 2.75) is 39.7 Å². The summed E-state index contributed by atoms with van der Waals surface area (Å²) < 4.78 is 5.56. The molecule has 0 aromatic carbocycles. The van der Waals surface area contributed by atoms with E-state index in [0.717, 1.165) is 17.8 Å². The van der Waals surface area contributed by atoms with Crippen LogP contribution in [0.25, 0.3) is 0 Å². The van der Waals surface area contributed by atoms with Crippen LogP contribution in [0.3, 0.4) is 0 Å². The topological polar surface area (TPSA) is 59.4 Å². The molecule has 0 amide bonds. The van der Waals surface area contributed by atoms with Gasteiger partial charge in [-0.25, -0.2) is 0 Å². The number of hydrogen-bond acceptors (Lipinski definition) is 3. The van der Waals surface area contributed by atoms with E-state index in [9.17, 15) is 4.79 Å². The molecule has 88 valence electrons. The van der Waals surface area contributed by atoms with Gasteiger partial charge in [-0.1, -0.05) is 6.92 Å². The summed E-state index contributed by atoms with van der Waals surface area (Å²) in [7, 11) is 0. The van der Waals surface area contributed by atoms with Crippen LogP contribution in [-0.4, -0.2) is 22.2 Å². The van der Waals surface area contributed by atoms with E-state index in [1.54, 1.807) is 6.92 Å². The number of aryl methyl sites for hydroxylation is 2. The molecule has 0 radical (unpaired) electrons. The van der Waals surface area contributed by atoms with Crippen molar-refractivity contribution in [2.75, 3.05) is 0 Å². The molecule has 16 heavy (non-hydrogen) atoms. The lowest BCUT2D eigenvalue weighted by molar-refractivity contribution is -0.138. The van der Waals surface area contributed by atoms with Crippen molar-refractivity contribution >= 4 is 5.97 Å². The van der Waals surface area contributed by atoms with Gasteiger partial charge >= 0.3 is 5.97 Å². The first-order valence-corrected chi connectivity index (χ1v) is 5.38. The Morgan fingerprint density at radius 3 is 2.81 bits per heavy atom. The van der Waals surface area contributed by atoms with E-state index in [0.29, 0.717) is 5.75 Å². The summed E-state index contributed by atoms with van der Waals surface area (Å²) >= 11 is 0. The minimum atomic E-state index is -0.856. The summed E-state index contributed by atoms with van der Waals surface area (Å²) in [5.41, 5.74) is 1.81. The Hall–Kier alpha value is -1.58. The molecular weight excluding hydrogens is 206 g/mol. The number of rotatable bonds is 5. The number of ether oxygens (including phenoxy) is 1. The normalized spacial score (nSPS) is 12.2. The molecule has 0 saturated heterocycles. The maximum absolute atomic E-state index is 10.5. The zero-order valence-electron chi connectivity index (χ0n) is 9.86. The van der Waals surface area contributed by atoms with Gasteiger partial charge in [0.1, 0.15) is 11.9 Å². The van der Waals surface area contributed by atoms with Gasteiger partial charge in [0, 0.05) is 5.69 Å². The summed E-state index contributed by atoms with van der Waals surface area (Å²) in [6.07, 6.45) is 0.431. The predicted octanol–water partition coefficient (Wildman–Crippen LogP) is 2.19. The van der Waals surface area contributed by atoms with Crippen molar-refractivity contribution in [3.63, 3.8) is 0 Å². The molecule has 0 fully saturated rings. The minimum absolute atomic E-state index is 0.00295. The lowest BCUT2D eigenvalue weighted by Gasteiger charge is -2.15. The largest absolute Gasteiger partial charge is 0.488 e. The van der Waals surface area contributed by atoms with Crippen LogP contribution in [-0.2, 0) is 11.2 Å². The molecule has 0 saturated carbocycles. The Morgan fingerprint density at radius 2 is 2.25 bits per heavy atom. The molecule has 4 heteroatoms. The van der Waals surface area contributed by atoms with E-state index < -0.39 is 5.97 Å². The number of aliphatic carboxylic acids is 1. The fourth-order valence-electron chi connectivity index (χ4n) is 1.46. The molecule has 0 aliphatic rings. The second-order valence-electron chi connectivity index (χ2n) is 3.78. The van der Waals surface area contributed by atoms with Gasteiger partial charge in [-0.2, -0.15) is 0 Å². The van der Waals surface area contributed by atoms with E-state index in [-0.39, 0.29) is 12.5 Å². The second kappa shape index (κ2) is 5.49. The van der Waals surface area contributed by atoms with Crippen LogP contribution < -0.4 is 4.74 Å². The monoisotopic (exact) mass is 223 g/mol. The minimum Gasteiger partial charge on any atom is -0.488 e. The Balaban J connectivity index is 2.76. The Morgan fingerprint density at radius 1 is 1.56 bits per heavy atom. The van der Waals surface area contributed by atoms with Gasteiger partial charge in [0.2, 0.25) is 0 Å². The van der Waals surface area contributed by atoms with Crippen molar-refractivity contribution in [2.24, 2.45) is 0 Å². The third-order valence-corrected chi connectivity index (χ3v) is 2.20. The first-order chi connectivity index (χ1) is 7.52. The Labute approximate surface area is 95.3 Å². The molecule has 1 rings (SSSR count). The third kappa shape index (κ3) is 3.53. The first-order valence-electron chi connectivity index (χ1n) is 5.38. The Bertz CT molecular complexity index is 377. The number of pyridine rings is 1. The Kier molecular flexibility index (Phi) is 4.28. The number of carbonyl (C=O) groups is 1. The molecule has 1 heterocycles. The van der Waals surface area contributed by atoms with Crippen LogP contribution in [0.2, 0.25) is 0 Å². The standard InChI is InChI=1S/C12H17NO3/c1-4-10-11(6-5-8(2)13-10)16-9(3)7-12(14)15/h5-6,9H,4,7H2,1-3H3,(H,14,15)/t9-/m1/s1. The molecule has 1 N–H and O–H groups in total. The molecule has 1 aromatic rings. The molecule has 0 bridgehead atoms. The fraction of sp³-hybridized carbons (Fsp3) is 0.500. The molecule has 0 spiro atoms. The van der Waals surface area contributed by atoms with Crippen LogP contribution in [0.1, 0.15) is 31.7 Å². The smallest absolute Gasteiger partial charge is 0.307 e. The fourth-order valence-corrected chi connectivity index (χ4v) is 1.46. The third-order valence-electron chi connectivity index (χ3n) is 2.20. The number of nitrogens with zero attached hydrogens (tertiary/aromatic N) is 1. The highest BCUT2D eigenvalue weighted by molar-refractivity contribution is 5.67. The van der Waals surface area contributed by atoms with Crippen LogP contribution >= 0.6 is 0 Å². The van der Waals surface area contributed by atoms with E-state index in [4.69, 9.17) is 9.84 Å². The highest BCUT2D eigenvalue weighted by atomic mass is 16.5. The summed E-state index contributed by atoms with van der Waals surface area (Å²) in [6, 6.07) is 3.71. The quantitative estimate of drug-likeness (QED) is 0.831. The number of carboxylic acids is 1. The molecule has 0 aliphatic carbocycles. The van der Waals surface area contributed by atoms with E-state index in [1.165, 1.54) is 0 Å². The summed E-state index contributed by atoms with van der Waals surface area (Å²) in [6.45, 7) is 5.66. The summed E-state index contributed by atoms with van der Waals surface area (Å²) in [5, 5.41) is 8.64. The molecule has 4 nitrogen and oxygen atoms in total. The van der Waals surface area contributed by atoms with Crippen LogP contribution in [0.15, 0.2) is 12.1 Å². The highest BCUT2D eigenvalue weighted by Gasteiger charge is 2.11. The number of carboxylic acid groups (broad SMARTS) is 1. The summed E-state index contributed by atoms with van der Waals surface area (Å²) in [4.78, 5) is 14.9. The highest BCUT2D eigenvalue weighted by Crippen LogP contribution is 2.19. The van der Waals surface area contributed by atoms with Gasteiger partial charge in [0.15, 0.2) is 0 Å². The van der Waals surface area contributed by atoms with E-state index >= 15 is 0 Å². The van der Waals surface area contributed by atoms with Crippen molar-refractivity contribution in [1.29, 1.82) is 0 Å². The average Bonchev–Trinajstić information content (AvgIpc) is 2.19. The van der Waals surface area contributed by atoms with Crippen molar-refractivity contribution < 1.29 is 14.6 Å². The first kappa shape index (κ1) is 12.5. The van der Waals surface area contributed by atoms with Gasteiger partial charge in [-0.3, -0.25) is 9.78 Å². The van der Waals surface area contributed by atoms with E-state index in [2.05, 4.69) is 4.98 Å². The van der Waals surface area contributed by atoms with Gasteiger partial charge < -0.3 is 9.84 Å². The van der Waals surface area contributed by atoms with Gasteiger partial charge in [0.05, 0.1) is 12.1 Å². The average molecular weight is 223 g/mol. The van der Waals surface area contributed by atoms with E-state index in [1.807, 2.05) is 26.0 Å². The second-order valence-corrected chi connectivity index (χ2v) is 3.78. The maximum Gasteiger partial charge on any atom is 0.307 e. The van der Waals surface area contributed by atoms with Gasteiger partial charge in [-0.05, 0) is 32.4 Å². The summed E-state index contributed by atoms with van der Waals surface area (Å²) in [5.74, 6) is -0.174. The van der Waals surface area contributed by atoms with Crippen molar-refractivity contribution in [3.8, 4) is 5.75 Å². The zero-order chi connectivity index (χ0) is 12.1. The lowest BCUT2D eigenvalue weighted by atomic mass is 10.2. The lowest BCUT2D eigenvalue weighted by Crippen LogP contribution is -2.17. The van der Waals surface area contributed by atoms with Crippen molar-refractivity contribution in [3.05, 3.63) is 23.5 Å². The SMILES string of the molecule is CCc1nc(C)ccc1O[C@H](C)CC(=O)O. The molecule has 0 unspecified atom stereocenters. The van der Waals surface area contributed by atoms with Crippen LogP contribution in [0.4, 0.5) is 0 Å². The van der Waals surface area contributed by atoms with Crippen LogP contribution in [0.5, 0.6) is 5.75 Å². The number of aromatic nitrogens is 1. The van der Waals surface area contributed by atoms with Crippen LogP contribution in [0, 0.1) is 6.92 Å². The molecule has 1 atom stereocenters.